The van der Waals surface area contributed by atoms with E-state index in [2.05, 4.69) is 9.98 Å². The second-order valence-corrected chi connectivity index (χ2v) is 6.78. The second-order valence-electron chi connectivity index (χ2n) is 6.38. The first-order valence-corrected chi connectivity index (χ1v) is 8.77. The molecule has 0 amide bonds. The molecular formula is C20H13ClF4N2. The molecule has 0 saturated heterocycles. The number of fused-ring (bicyclic) bond motifs is 1. The minimum atomic E-state index is -1.08. The van der Waals surface area contributed by atoms with Gasteiger partial charge in [0.05, 0.1) is 5.56 Å². The zero-order chi connectivity index (χ0) is 19.1. The van der Waals surface area contributed by atoms with E-state index in [0.29, 0.717) is 29.8 Å². The number of nitrogens with zero attached hydrogens (tertiary/aromatic N) is 2. The van der Waals surface area contributed by atoms with Gasteiger partial charge in [-0.1, -0.05) is 23.7 Å². The molecule has 1 unspecified atom stereocenters. The van der Waals surface area contributed by atoms with Crippen LogP contribution in [0.4, 0.5) is 17.6 Å². The van der Waals surface area contributed by atoms with Gasteiger partial charge in [0.15, 0.2) is 5.84 Å². The monoisotopic (exact) mass is 392 g/mol. The van der Waals surface area contributed by atoms with Gasteiger partial charge in [0.1, 0.15) is 29.3 Å². The molecule has 2 aliphatic rings. The van der Waals surface area contributed by atoms with Crippen molar-refractivity contribution in [2.45, 2.75) is 25.3 Å². The summed E-state index contributed by atoms with van der Waals surface area (Å²) >= 11 is 6.20. The molecule has 1 aliphatic heterocycles. The number of rotatable bonds is 2. The van der Waals surface area contributed by atoms with Crippen LogP contribution in [0.3, 0.4) is 0 Å². The first-order valence-electron chi connectivity index (χ1n) is 8.39. The molecule has 0 radical (unpaired) electrons. The maximum Gasteiger partial charge on any atom is 0.161 e. The molecule has 0 saturated carbocycles. The molecule has 0 N–H and O–H groups in total. The van der Waals surface area contributed by atoms with Crippen molar-refractivity contribution >= 4 is 23.1 Å². The summed E-state index contributed by atoms with van der Waals surface area (Å²) in [4.78, 5) is 8.73. The molecule has 0 aromatic heterocycles. The van der Waals surface area contributed by atoms with Gasteiger partial charge in [-0.2, -0.15) is 0 Å². The molecule has 7 heteroatoms. The summed E-state index contributed by atoms with van der Waals surface area (Å²) in [5.74, 6) is -3.84. The minimum absolute atomic E-state index is 0.163. The normalized spacial score (nSPS) is 19.1. The molecule has 0 spiro atoms. The fourth-order valence-electron chi connectivity index (χ4n) is 3.36. The van der Waals surface area contributed by atoms with E-state index in [-0.39, 0.29) is 10.9 Å². The van der Waals surface area contributed by atoms with Gasteiger partial charge < -0.3 is 0 Å². The van der Waals surface area contributed by atoms with Gasteiger partial charge in [-0.25, -0.2) is 22.6 Å². The largest absolute Gasteiger partial charge is 0.253 e. The third-order valence-electron chi connectivity index (χ3n) is 4.59. The van der Waals surface area contributed by atoms with Crippen LogP contribution in [0.15, 0.2) is 52.0 Å². The predicted octanol–water partition coefficient (Wildman–Crippen LogP) is 5.95. The highest BCUT2D eigenvalue weighted by molar-refractivity contribution is 6.31. The van der Waals surface area contributed by atoms with Gasteiger partial charge in [-0.3, -0.25) is 4.99 Å². The average molecular weight is 393 g/mol. The van der Waals surface area contributed by atoms with Crippen LogP contribution in [0.5, 0.6) is 0 Å². The molecule has 0 bridgehead atoms. The van der Waals surface area contributed by atoms with E-state index in [1.165, 1.54) is 18.2 Å². The minimum Gasteiger partial charge on any atom is -0.253 e. The average Bonchev–Trinajstić information content (AvgIpc) is 2.60. The Morgan fingerprint density at radius 2 is 1.70 bits per heavy atom. The summed E-state index contributed by atoms with van der Waals surface area (Å²) in [7, 11) is 0. The van der Waals surface area contributed by atoms with Crippen molar-refractivity contribution in [1.82, 2.24) is 0 Å². The number of allylic oxidation sites excluding steroid dienone is 1. The van der Waals surface area contributed by atoms with Crippen molar-refractivity contribution in [2.75, 3.05) is 0 Å². The van der Waals surface area contributed by atoms with Crippen molar-refractivity contribution in [3.05, 3.63) is 81.4 Å². The summed E-state index contributed by atoms with van der Waals surface area (Å²) in [5.41, 5.74) is 1.47. The highest BCUT2D eigenvalue weighted by atomic mass is 35.5. The van der Waals surface area contributed by atoms with E-state index in [0.717, 1.165) is 18.4 Å². The first-order chi connectivity index (χ1) is 12.9. The molecule has 138 valence electrons. The van der Waals surface area contributed by atoms with Gasteiger partial charge in [0, 0.05) is 22.9 Å². The summed E-state index contributed by atoms with van der Waals surface area (Å²) in [5, 5.41) is 0.163. The maximum atomic E-state index is 14.3. The lowest BCUT2D eigenvalue weighted by Gasteiger charge is -2.27. The van der Waals surface area contributed by atoms with E-state index in [1.807, 2.05) is 6.08 Å². The van der Waals surface area contributed by atoms with Gasteiger partial charge in [0.25, 0.3) is 0 Å². The molecular weight excluding hydrogens is 380 g/mol. The van der Waals surface area contributed by atoms with Crippen LogP contribution in [0.25, 0.3) is 0 Å². The SMILES string of the molecule is Fc1cc(F)c(C2=NC(c3ccc(F)cc3Cl)C3=CCCCC3=N2)c(F)c1. The summed E-state index contributed by atoms with van der Waals surface area (Å²) in [6.07, 6.45) is 4.23. The van der Waals surface area contributed by atoms with Crippen LogP contribution >= 0.6 is 11.6 Å². The second kappa shape index (κ2) is 6.93. The van der Waals surface area contributed by atoms with Gasteiger partial charge >= 0.3 is 0 Å². The van der Waals surface area contributed by atoms with Crippen molar-refractivity contribution < 1.29 is 17.6 Å². The summed E-state index contributed by atoms with van der Waals surface area (Å²) in [6.45, 7) is 0. The Kier molecular flexibility index (Phi) is 4.60. The lowest BCUT2D eigenvalue weighted by atomic mass is 9.87. The molecule has 2 aromatic rings. The van der Waals surface area contributed by atoms with Crippen molar-refractivity contribution in [3.8, 4) is 0 Å². The third-order valence-corrected chi connectivity index (χ3v) is 4.92. The number of benzene rings is 2. The number of halogens is 5. The van der Waals surface area contributed by atoms with E-state index >= 15 is 0 Å². The smallest absolute Gasteiger partial charge is 0.161 e. The Morgan fingerprint density at radius 1 is 0.963 bits per heavy atom. The molecule has 1 heterocycles. The van der Waals surface area contributed by atoms with Crippen LogP contribution in [-0.2, 0) is 0 Å². The van der Waals surface area contributed by atoms with Crippen LogP contribution in [0.2, 0.25) is 5.02 Å². The lowest BCUT2D eigenvalue weighted by molar-refractivity contribution is 0.540. The lowest BCUT2D eigenvalue weighted by Crippen LogP contribution is -2.23. The number of hydrogen-bond donors (Lipinski definition) is 0. The van der Waals surface area contributed by atoms with Gasteiger partial charge in [0.2, 0.25) is 0 Å². The number of amidine groups is 1. The third kappa shape index (κ3) is 3.30. The fourth-order valence-corrected chi connectivity index (χ4v) is 3.63. The molecule has 2 nitrogen and oxygen atoms in total. The van der Waals surface area contributed by atoms with Crippen LogP contribution in [0, 0.1) is 23.3 Å². The summed E-state index contributed by atoms with van der Waals surface area (Å²) < 4.78 is 55.2. The van der Waals surface area contributed by atoms with Crippen LogP contribution in [-0.4, -0.2) is 11.5 Å². The molecule has 1 aliphatic carbocycles. The molecule has 0 fully saturated rings. The topological polar surface area (TPSA) is 24.7 Å². The Hall–Kier alpha value is -2.47. The highest BCUT2D eigenvalue weighted by Gasteiger charge is 2.31. The standard InChI is InChI=1S/C20H13ClF4N2/c21-14-7-10(22)5-6-12(14)19-13-3-1-2-4-17(13)26-20(27-19)18-15(24)8-11(23)9-16(18)25/h3,5-9,19H,1-2,4H2. The predicted molar refractivity (Wildman–Crippen MR) is 96.4 cm³/mol. The number of hydrogen-bond acceptors (Lipinski definition) is 2. The molecule has 1 atom stereocenters. The van der Waals surface area contributed by atoms with Crippen LogP contribution in [0.1, 0.15) is 36.4 Å². The van der Waals surface area contributed by atoms with Crippen molar-refractivity contribution in [1.29, 1.82) is 0 Å². The first kappa shape index (κ1) is 17.9. The summed E-state index contributed by atoms with van der Waals surface area (Å²) in [6, 6.07) is 4.44. The van der Waals surface area contributed by atoms with Crippen molar-refractivity contribution in [2.24, 2.45) is 9.98 Å². The molecule has 27 heavy (non-hydrogen) atoms. The Morgan fingerprint density at radius 3 is 2.41 bits per heavy atom. The highest BCUT2D eigenvalue weighted by Crippen LogP contribution is 2.38. The zero-order valence-electron chi connectivity index (χ0n) is 13.9. The van der Waals surface area contributed by atoms with E-state index in [9.17, 15) is 17.6 Å². The number of aliphatic imine (C=N–C) groups is 2. The zero-order valence-corrected chi connectivity index (χ0v) is 14.7. The van der Waals surface area contributed by atoms with Crippen LogP contribution < -0.4 is 0 Å². The Bertz CT molecular complexity index is 1000. The Balaban J connectivity index is 1.90. The van der Waals surface area contributed by atoms with E-state index < -0.39 is 34.9 Å². The van der Waals surface area contributed by atoms with Gasteiger partial charge in [-0.15, -0.1) is 0 Å². The van der Waals surface area contributed by atoms with Gasteiger partial charge in [-0.05, 0) is 42.5 Å². The quantitative estimate of drug-likeness (QED) is 0.564. The molecule has 4 rings (SSSR count). The maximum absolute atomic E-state index is 14.3. The molecule has 2 aromatic carbocycles. The Labute approximate surface area is 157 Å². The fraction of sp³-hybridized carbons (Fsp3) is 0.200. The van der Waals surface area contributed by atoms with E-state index in [4.69, 9.17) is 11.6 Å². The van der Waals surface area contributed by atoms with E-state index in [1.54, 1.807) is 0 Å². The van der Waals surface area contributed by atoms with Crippen molar-refractivity contribution in [3.63, 3.8) is 0 Å².